The van der Waals surface area contributed by atoms with Gasteiger partial charge in [0.05, 0.1) is 0 Å². The van der Waals surface area contributed by atoms with Crippen molar-refractivity contribution in [1.29, 1.82) is 0 Å². The topological polar surface area (TPSA) is 190 Å². The maximum atomic E-state index is 8.33. The van der Waals surface area contributed by atoms with Gasteiger partial charge in [-0.15, -0.1) is 0 Å². The maximum absolute atomic E-state index is 8.33. The van der Waals surface area contributed by atoms with Gasteiger partial charge in [0, 0.05) is 4.70 Å². The minimum Gasteiger partial charge on any atom is -0.652 e. The van der Waals surface area contributed by atoms with E-state index < -0.39 is 18.5 Å². The minimum absolute atomic E-state index is 0. The van der Waals surface area contributed by atoms with Gasteiger partial charge in [-0.2, -0.15) is 0 Å². The number of carbonyl (C=O) groups is 3. The quantitative estimate of drug-likeness (QED) is 0.303. The Kier molecular flexibility index (Phi) is 70.5. The molecule has 0 aliphatic rings. The summed E-state index contributed by atoms with van der Waals surface area (Å²) in [6, 6.07) is 0. The summed E-state index contributed by atoms with van der Waals surface area (Å²) >= 11 is 0. The molecule has 15 heavy (non-hydrogen) atoms. The molecule has 0 saturated heterocycles. The van der Waals surface area contributed by atoms with Crippen LogP contribution in [0.1, 0.15) is 0 Å². The average molecular weight is 514 g/mol. The van der Waals surface area contributed by atoms with Crippen LogP contribution in [0, 0.1) is 79.9 Å². The molecule has 0 rings (SSSR count). The third kappa shape index (κ3) is 14600. The van der Waals surface area contributed by atoms with Crippen LogP contribution >= 0.6 is 0 Å². The fraction of sp³-hybridized carbons (Fsp3) is 0. The summed E-state index contributed by atoms with van der Waals surface area (Å²) in [7, 11) is 0. The average Bonchev–Trinajstić information content (AvgIpc) is 1.54. The van der Waals surface area contributed by atoms with E-state index in [9.17, 15) is 0 Å². The molecule has 0 spiro atoms. The normalized spacial score (nSPS) is 4.80. The van der Waals surface area contributed by atoms with Crippen LogP contribution < -0.4 is 30.6 Å². The van der Waals surface area contributed by atoms with E-state index in [1.54, 1.807) is 0 Å². The van der Waals surface area contributed by atoms with Crippen molar-refractivity contribution in [2.75, 3.05) is 0 Å². The second-order valence-corrected chi connectivity index (χ2v) is 0.750. The van der Waals surface area contributed by atoms with Crippen molar-refractivity contribution in [2.45, 2.75) is 0 Å². The van der Waals surface area contributed by atoms with Crippen LogP contribution in [0.15, 0.2) is 0 Å². The molecule has 3 radical (unpaired) electrons. The molecule has 0 unspecified atom stereocenters. The third-order valence-electron chi connectivity index (χ3n) is 0. The number of rotatable bonds is 0. The van der Waals surface area contributed by atoms with E-state index in [-0.39, 0.29) is 84.6 Å². The van der Waals surface area contributed by atoms with Crippen LogP contribution in [0.25, 0.3) is 0 Å². The molecule has 0 bridgehead atoms. The Bertz CT molecular complexity index is 121. The maximum Gasteiger partial charge on any atom is 3.00 e. The summed E-state index contributed by atoms with van der Waals surface area (Å²) in [6.45, 7) is 0. The number of hydrogen-bond donors (Lipinski definition) is 0. The van der Waals surface area contributed by atoms with Gasteiger partial charge in [-0.1, -0.05) is 0 Å². The molecule has 0 fully saturated rings. The fourth-order valence-corrected chi connectivity index (χ4v) is 0. The van der Waals surface area contributed by atoms with Crippen LogP contribution in [0.2, 0.25) is 0 Å². The summed E-state index contributed by atoms with van der Waals surface area (Å²) < 4.78 is 0. The molecule has 0 N–H and O–H groups in total. The number of halogens is 1. The van der Waals surface area contributed by atoms with E-state index in [0.29, 0.717) is 0 Å². The molecular weight excluding hydrogens is 514 g/mol. The Morgan fingerprint density at radius 1 is 0.533 bits per heavy atom. The SMILES string of the molecule is O=C([O-])[O-].O=C([O-])[O-].O=C([O-])[O-].[F].[Gd+3].[Gd+3]. The van der Waals surface area contributed by atoms with Crippen molar-refractivity contribution in [1.82, 2.24) is 0 Å². The molecule has 0 atom stereocenters. The van der Waals surface area contributed by atoms with Crippen LogP contribution in [0.4, 0.5) is 19.1 Å². The Labute approximate surface area is 146 Å². The first-order valence-corrected chi connectivity index (χ1v) is 1.84. The molecule has 0 aromatic carbocycles. The molecule has 0 aliphatic carbocycles. The van der Waals surface area contributed by atoms with Gasteiger partial charge in [-0.3, -0.25) is 0 Å². The van der Waals surface area contributed by atoms with Gasteiger partial charge < -0.3 is 45.0 Å². The Hall–Kier alpha value is 0.389. The zero-order chi connectivity index (χ0) is 10.7. The van der Waals surface area contributed by atoms with E-state index in [0.717, 1.165) is 0 Å². The molecule has 0 aromatic heterocycles. The standard InChI is InChI=1S/3CH2O3.F.2Gd/c3*2-1(3)4;;;/h3*(H2,2,3,4);;;/q;;;;2*+3/p-6. The Morgan fingerprint density at radius 3 is 0.533 bits per heavy atom. The van der Waals surface area contributed by atoms with Crippen LogP contribution in [0.3, 0.4) is 0 Å². The molecule has 9 nitrogen and oxygen atoms in total. The summed E-state index contributed by atoms with van der Waals surface area (Å²) in [5.41, 5.74) is 0. The Morgan fingerprint density at radius 2 is 0.533 bits per heavy atom. The predicted molar refractivity (Wildman–Crippen MR) is 17.3 cm³/mol. The summed E-state index contributed by atoms with van der Waals surface area (Å²) in [4.78, 5) is 25.0. The van der Waals surface area contributed by atoms with Gasteiger partial charge in [0.2, 0.25) is 0 Å². The van der Waals surface area contributed by atoms with Crippen molar-refractivity contribution < 1.29 is 130 Å². The van der Waals surface area contributed by atoms with E-state index in [2.05, 4.69) is 0 Å². The molecular formula is C3FGd2O9. The minimum atomic E-state index is -2.33. The first kappa shape index (κ1) is 36.1. The van der Waals surface area contributed by atoms with Gasteiger partial charge in [0.15, 0.2) is 0 Å². The third-order valence-corrected chi connectivity index (χ3v) is 0. The fourth-order valence-electron chi connectivity index (χ4n) is 0. The molecule has 89 valence electrons. The monoisotopic (exact) mass is 515 g/mol. The summed E-state index contributed by atoms with van der Waals surface area (Å²) in [6.07, 6.45) is -7.00. The molecule has 0 aromatic rings. The largest absolute Gasteiger partial charge is 3.00 e. The van der Waals surface area contributed by atoms with Crippen LogP contribution in [-0.4, -0.2) is 18.5 Å². The Balaban J connectivity index is -0.0000000184. The molecule has 0 heterocycles. The second-order valence-electron chi connectivity index (χ2n) is 0.750. The van der Waals surface area contributed by atoms with E-state index in [1.807, 2.05) is 0 Å². The van der Waals surface area contributed by atoms with E-state index >= 15 is 0 Å². The molecule has 0 aliphatic heterocycles. The van der Waals surface area contributed by atoms with E-state index in [1.165, 1.54) is 0 Å². The van der Waals surface area contributed by atoms with Crippen molar-refractivity contribution in [3.05, 3.63) is 0 Å². The predicted octanol–water partition coefficient (Wildman–Crippen LogP) is -6.92. The van der Waals surface area contributed by atoms with Crippen LogP contribution in [-0.2, 0) is 0 Å². The van der Waals surface area contributed by atoms with Gasteiger partial charge >= 0.3 is 79.9 Å². The molecule has 12 heteroatoms. The first-order valence-electron chi connectivity index (χ1n) is 1.84. The summed E-state index contributed by atoms with van der Waals surface area (Å²) in [5.74, 6) is 0. The molecule has 0 amide bonds. The summed E-state index contributed by atoms with van der Waals surface area (Å²) in [5, 5.41) is 50.0. The zero-order valence-corrected chi connectivity index (χ0v) is 10.8. The second kappa shape index (κ2) is 29.3. The first-order chi connectivity index (χ1) is 5.20. The van der Waals surface area contributed by atoms with Gasteiger partial charge in [0.1, 0.15) is 0 Å². The van der Waals surface area contributed by atoms with Gasteiger partial charge in [0.25, 0.3) is 0 Å². The van der Waals surface area contributed by atoms with E-state index in [4.69, 9.17) is 45.0 Å². The van der Waals surface area contributed by atoms with Crippen molar-refractivity contribution in [3.63, 3.8) is 0 Å². The van der Waals surface area contributed by atoms with Crippen molar-refractivity contribution in [2.24, 2.45) is 0 Å². The smallest absolute Gasteiger partial charge is 0.652 e. The number of carboxylic acid groups (broad SMARTS) is 6. The van der Waals surface area contributed by atoms with Crippen LogP contribution in [0.5, 0.6) is 0 Å². The van der Waals surface area contributed by atoms with Gasteiger partial charge in [-0.05, 0) is 18.5 Å². The van der Waals surface area contributed by atoms with Crippen molar-refractivity contribution >= 4 is 18.5 Å². The number of carbonyl (C=O) groups excluding carboxylic acids is 3. The zero-order valence-electron chi connectivity index (χ0n) is 6.26. The van der Waals surface area contributed by atoms with Gasteiger partial charge in [-0.25, -0.2) is 0 Å². The van der Waals surface area contributed by atoms with Crippen molar-refractivity contribution in [3.8, 4) is 0 Å². The number of hydrogen-bond acceptors (Lipinski definition) is 9. The molecule has 0 saturated carbocycles.